The maximum Gasteiger partial charge on any atom is 0.488 e. The summed E-state index contributed by atoms with van der Waals surface area (Å²) >= 11 is 0. The van der Waals surface area contributed by atoms with Crippen molar-refractivity contribution < 1.29 is 21.3 Å². The Labute approximate surface area is 86.3 Å². The van der Waals surface area contributed by atoms with Gasteiger partial charge in [-0.25, -0.2) is 0 Å². The molecule has 0 aromatic heterocycles. The maximum absolute atomic E-state index is 12.2. The van der Waals surface area contributed by atoms with Crippen LogP contribution in [0.15, 0.2) is 18.2 Å². The van der Waals surface area contributed by atoms with Crippen LogP contribution in [0.2, 0.25) is 0 Å². The second kappa shape index (κ2) is 4.26. The predicted octanol–water partition coefficient (Wildman–Crippen LogP) is 1.13. The third-order valence-corrected chi connectivity index (χ3v) is 1.94. The Morgan fingerprint density at radius 2 is 2.07 bits per heavy atom. The van der Waals surface area contributed by atoms with Gasteiger partial charge in [0, 0.05) is 24.4 Å². The fourth-order valence-corrected chi connectivity index (χ4v) is 1.32. The molecule has 0 amide bonds. The molecule has 0 aliphatic rings. The molecule has 15 heavy (non-hydrogen) atoms. The molecule has 0 fully saturated rings. The average molecular weight is 233 g/mol. The number of hydrogen-bond donors (Lipinski definition) is 1. The highest BCUT2D eigenvalue weighted by molar-refractivity contribution is 7.81. The van der Waals surface area contributed by atoms with Crippen LogP contribution in [0.5, 0.6) is 5.75 Å². The number of aldehydes is 1. The zero-order chi connectivity index (χ0) is 11.5. The van der Waals surface area contributed by atoms with Gasteiger partial charge in [0.15, 0.2) is 0 Å². The highest BCUT2D eigenvalue weighted by Crippen LogP contribution is 2.21. The molecule has 82 valence electrons. The molecular formula is C8H8FNO4S. The number of rotatable bonds is 4. The molecule has 1 N–H and O–H groups in total. The van der Waals surface area contributed by atoms with E-state index < -0.39 is 10.5 Å². The minimum absolute atomic E-state index is 0.181. The van der Waals surface area contributed by atoms with Gasteiger partial charge in [0.05, 0.1) is 0 Å². The van der Waals surface area contributed by atoms with Crippen molar-refractivity contribution in [3.05, 3.63) is 23.8 Å². The Morgan fingerprint density at radius 1 is 1.40 bits per heavy atom. The van der Waals surface area contributed by atoms with Crippen LogP contribution in [0.25, 0.3) is 0 Å². The van der Waals surface area contributed by atoms with Crippen LogP contribution in [-0.2, 0) is 10.5 Å². The molecule has 0 aliphatic carbocycles. The van der Waals surface area contributed by atoms with E-state index in [0.29, 0.717) is 12.0 Å². The van der Waals surface area contributed by atoms with E-state index in [0.717, 1.165) is 6.07 Å². The van der Waals surface area contributed by atoms with Gasteiger partial charge >= 0.3 is 10.5 Å². The molecule has 0 saturated heterocycles. The monoisotopic (exact) mass is 233 g/mol. The van der Waals surface area contributed by atoms with E-state index in [9.17, 15) is 17.1 Å². The SMILES string of the molecule is CNc1cc(C=O)cc(OS(=O)(=O)F)c1. The first-order valence-electron chi connectivity index (χ1n) is 3.86. The number of carbonyl (C=O) groups excluding carboxylic acids is 1. The molecule has 0 spiro atoms. The zero-order valence-corrected chi connectivity index (χ0v) is 8.55. The molecule has 1 aromatic rings. The molecule has 0 saturated carbocycles. The van der Waals surface area contributed by atoms with Crippen LogP contribution >= 0.6 is 0 Å². The van der Waals surface area contributed by atoms with Crippen LogP contribution in [0, 0.1) is 0 Å². The second-order valence-electron chi connectivity index (χ2n) is 2.64. The van der Waals surface area contributed by atoms with Crippen molar-refractivity contribution in [3.63, 3.8) is 0 Å². The number of nitrogens with one attached hydrogen (secondary N) is 1. The van der Waals surface area contributed by atoms with Crippen LogP contribution < -0.4 is 9.50 Å². The lowest BCUT2D eigenvalue weighted by Crippen LogP contribution is -2.02. The number of carbonyl (C=O) groups is 1. The van der Waals surface area contributed by atoms with Gasteiger partial charge in [-0.3, -0.25) is 4.79 Å². The molecule has 0 bridgehead atoms. The van der Waals surface area contributed by atoms with Crippen LogP contribution in [0.4, 0.5) is 9.57 Å². The van der Waals surface area contributed by atoms with Crippen molar-refractivity contribution in [1.82, 2.24) is 0 Å². The first-order valence-corrected chi connectivity index (χ1v) is 5.17. The first kappa shape index (κ1) is 11.4. The molecule has 0 radical (unpaired) electrons. The molecule has 7 heteroatoms. The summed E-state index contributed by atoms with van der Waals surface area (Å²) in [5, 5.41) is 2.67. The van der Waals surface area contributed by atoms with Crippen molar-refractivity contribution in [2.45, 2.75) is 0 Å². The zero-order valence-electron chi connectivity index (χ0n) is 7.73. The molecule has 1 aromatic carbocycles. The van der Waals surface area contributed by atoms with Crippen LogP contribution in [0.3, 0.4) is 0 Å². The minimum atomic E-state index is -5.07. The lowest BCUT2D eigenvalue weighted by atomic mass is 10.2. The molecule has 0 heterocycles. The Balaban J connectivity index is 3.12. The lowest BCUT2D eigenvalue weighted by molar-refractivity contribution is 0.112. The Bertz CT molecular complexity index is 472. The molecular weight excluding hydrogens is 225 g/mol. The van der Waals surface area contributed by atoms with Crippen molar-refractivity contribution in [3.8, 4) is 5.75 Å². The molecule has 1 rings (SSSR count). The average Bonchev–Trinajstić information content (AvgIpc) is 2.14. The Hall–Kier alpha value is -1.63. The fraction of sp³-hybridized carbons (Fsp3) is 0.125. The summed E-state index contributed by atoms with van der Waals surface area (Å²) in [5.41, 5.74) is 0.624. The van der Waals surface area contributed by atoms with E-state index in [1.807, 2.05) is 0 Å². The fourth-order valence-electron chi connectivity index (χ4n) is 0.998. The smallest absolute Gasteiger partial charge is 0.388 e. The highest BCUT2D eigenvalue weighted by atomic mass is 32.3. The summed E-state index contributed by atoms with van der Waals surface area (Å²) in [7, 11) is -3.50. The summed E-state index contributed by atoms with van der Waals surface area (Å²) < 4.78 is 36.6. The van der Waals surface area contributed by atoms with Crippen LogP contribution in [-0.4, -0.2) is 21.8 Å². The van der Waals surface area contributed by atoms with Gasteiger partial charge in [-0.1, -0.05) is 3.89 Å². The van der Waals surface area contributed by atoms with Crippen molar-refractivity contribution in [2.24, 2.45) is 0 Å². The van der Waals surface area contributed by atoms with Gasteiger partial charge in [-0.05, 0) is 12.1 Å². The van der Waals surface area contributed by atoms with E-state index in [-0.39, 0.29) is 11.3 Å². The predicted molar refractivity (Wildman–Crippen MR) is 52.0 cm³/mol. The van der Waals surface area contributed by atoms with Gasteiger partial charge in [0.2, 0.25) is 0 Å². The quantitative estimate of drug-likeness (QED) is 0.623. The highest BCUT2D eigenvalue weighted by Gasteiger charge is 2.10. The lowest BCUT2D eigenvalue weighted by Gasteiger charge is -2.04. The molecule has 0 atom stereocenters. The van der Waals surface area contributed by atoms with Gasteiger partial charge in [-0.15, -0.1) is 0 Å². The summed E-state index contributed by atoms with van der Waals surface area (Å²) in [5.74, 6) is -0.258. The van der Waals surface area contributed by atoms with E-state index in [1.54, 1.807) is 7.05 Å². The number of hydrogen-bond acceptors (Lipinski definition) is 5. The topological polar surface area (TPSA) is 72.5 Å². The maximum atomic E-state index is 12.2. The van der Waals surface area contributed by atoms with Gasteiger partial charge in [0.1, 0.15) is 12.0 Å². The summed E-state index contributed by atoms with van der Waals surface area (Å²) in [4.78, 5) is 10.5. The van der Waals surface area contributed by atoms with Crippen molar-refractivity contribution in [1.29, 1.82) is 0 Å². The Morgan fingerprint density at radius 3 is 2.53 bits per heavy atom. The van der Waals surface area contributed by atoms with Gasteiger partial charge < -0.3 is 9.50 Å². The Kier molecular flexibility index (Phi) is 3.25. The number of benzene rings is 1. The van der Waals surface area contributed by atoms with E-state index >= 15 is 0 Å². The van der Waals surface area contributed by atoms with E-state index in [1.165, 1.54) is 12.1 Å². The second-order valence-corrected chi connectivity index (χ2v) is 3.59. The van der Waals surface area contributed by atoms with E-state index in [2.05, 4.69) is 9.50 Å². The van der Waals surface area contributed by atoms with Crippen molar-refractivity contribution in [2.75, 3.05) is 12.4 Å². The molecule has 5 nitrogen and oxygen atoms in total. The third kappa shape index (κ3) is 3.55. The summed E-state index contributed by atoms with van der Waals surface area (Å²) in [6, 6.07) is 3.83. The number of halogens is 1. The van der Waals surface area contributed by atoms with Gasteiger partial charge in [0.25, 0.3) is 0 Å². The largest absolute Gasteiger partial charge is 0.488 e. The van der Waals surface area contributed by atoms with Crippen LogP contribution in [0.1, 0.15) is 10.4 Å². The third-order valence-electron chi connectivity index (χ3n) is 1.55. The summed E-state index contributed by atoms with van der Waals surface area (Å²) in [6.45, 7) is 0. The van der Waals surface area contributed by atoms with Crippen molar-refractivity contribution >= 4 is 22.5 Å². The standard InChI is InChI=1S/C8H8FNO4S/c1-10-7-2-6(5-11)3-8(4-7)14-15(9,12)13/h2-5,10H,1H3. The minimum Gasteiger partial charge on any atom is -0.388 e. The molecule has 0 unspecified atom stereocenters. The molecule has 0 aliphatic heterocycles. The van der Waals surface area contributed by atoms with E-state index in [4.69, 9.17) is 0 Å². The normalized spacial score (nSPS) is 10.8. The van der Waals surface area contributed by atoms with Gasteiger partial charge in [-0.2, -0.15) is 8.42 Å². The summed E-state index contributed by atoms with van der Waals surface area (Å²) in [6.07, 6.45) is 0.499. The number of anilines is 1. The first-order chi connectivity index (χ1) is 6.94.